The third-order valence-corrected chi connectivity index (χ3v) is 12.3. The van der Waals surface area contributed by atoms with E-state index in [1.54, 1.807) is 0 Å². The quantitative estimate of drug-likeness (QED) is 0.0576. The van der Waals surface area contributed by atoms with E-state index in [9.17, 15) is 0 Å². The van der Waals surface area contributed by atoms with Crippen molar-refractivity contribution >= 4 is 0 Å². The van der Waals surface area contributed by atoms with Crippen molar-refractivity contribution in [2.45, 2.75) is 297 Å². The largest absolute Gasteiger partial charge is 0.356 e. The van der Waals surface area contributed by atoms with Gasteiger partial charge >= 0.3 is 0 Å². The van der Waals surface area contributed by atoms with E-state index < -0.39 is 0 Å². The van der Waals surface area contributed by atoms with E-state index in [1.165, 1.54) is 283 Å². The maximum absolute atomic E-state index is 2.74. The topological polar surface area (TPSA) is 6.48 Å². The Morgan fingerprint density at radius 1 is 0.250 bits per heavy atom. The molecule has 0 spiro atoms. The van der Waals surface area contributed by atoms with Gasteiger partial charge in [-0.3, -0.25) is 0 Å². The molecular formula is C50H100N2. The standard InChI is InChI=1S/C50H100N2/c1-4-7-10-13-16-19-22-25-26-27-29-32-35-38-41-44-47-52-49-48-51(46-43-40-37-34-31-24-21-18-15-12-9-6-3)50(52)45-42-39-36-33-30-28-23-20-17-14-11-8-5-2/h48-50H,4-47H2,1-3H3. The highest BCUT2D eigenvalue weighted by molar-refractivity contribution is 4.97. The number of rotatable bonds is 44. The first-order chi connectivity index (χ1) is 25.8. The van der Waals surface area contributed by atoms with Crippen molar-refractivity contribution in [3.63, 3.8) is 0 Å². The number of nitrogens with zero attached hydrogens (tertiary/aromatic N) is 2. The molecule has 1 aliphatic rings. The Hall–Kier alpha value is -0.660. The van der Waals surface area contributed by atoms with Crippen molar-refractivity contribution < 1.29 is 0 Å². The van der Waals surface area contributed by atoms with Crippen molar-refractivity contribution in [2.75, 3.05) is 13.1 Å². The van der Waals surface area contributed by atoms with Crippen molar-refractivity contribution in [2.24, 2.45) is 0 Å². The lowest BCUT2D eigenvalue weighted by Crippen LogP contribution is -2.39. The minimum atomic E-state index is 0.636. The molecule has 0 aromatic carbocycles. The number of hydrogen-bond acceptors (Lipinski definition) is 2. The Labute approximate surface area is 330 Å². The molecule has 1 heterocycles. The molecule has 0 aliphatic carbocycles. The molecule has 0 radical (unpaired) electrons. The van der Waals surface area contributed by atoms with Crippen LogP contribution in [0.1, 0.15) is 290 Å². The first-order valence-corrected chi connectivity index (χ1v) is 25.0. The predicted molar refractivity (Wildman–Crippen MR) is 237 cm³/mol. The van der Waals surface area contributed by atoms with E-state index in [-0.39, 0.29) is 0 Å². The highest BCUT2D eigenvalue weighted by Crippen LogP contribution is 2.24. The molecule has 0 aromatic heterocycles. The Bertz CT molecular complexity index is 688. The van der Waals surface area contributed by atoms with Crippen LogP contribution in [-0.4, -0.2) is 29.1 Å². The van der Waals surface area contributed by atoms with E-state index in [2.05, 4.69) is 43.0 Å². The molecule has 1 rings (SSSR count). The van der Waals surface area contributed by atoms with Crippen LogP contribution in [0.25, 0.3) is 0 Å². The van der Waals surface area contributed by atoms with Crippen molar-refractivity contribution in [3.8, 4) is 0 Å². The minimum Gasteiger partial charge on any atom is -0.356 e. The molecule has 52 heavy (non-hydrogen) atoms. The van der Waals surface area contributed by atoms with Crippen molar-refractivity contribution in [3.05, 3.63) is 12.4 Å². The van der Waals surface area contributed by atoms with Gasteiger partial charge in [0.25, 0.3) is 0 Å². The SMILES string of the molecule is CCCCCCCCCCCCCCCCCCN1C=CN(CCCCCCCCCCCCCC)C1CCCCCCCCCCCCCCC. The van der Waals surface area contributed by atoms with Gasteiger partial charge in [0.2, 0.25) is 0 Å². The zero-order chi connectivity index (χ0) is 37.3. The monoisotopic (exact) mass is 729 g/mol. The summed E-state index contributed by atoms with van der Waals surface area (Å²) in [5, 5.41) is 0. The lowest BCUT2D eigenvalue weighted by molar-refractivity contribution is 0.135. The Morgan fingerprint density at radius 2 is 0.442 bits per heavy atom. The predicted octanol–water partition coefficient (Wildman–Crippen LogP) is 17.8. The number of hydrogen-bond donors (Lipinski definition) is 0. The average Bonchev–Trinajstić information content (AvgIpc) is 3.54. The normalized spacial score (nSPS) is 14.4. The summed E-state index contributed by atoms with van der Waals surface area (Å²) >= 11 is 0. The summed E-state index contributed by atoms with van der Waals surface area (Å²) in [4.78, 5) is 5.48. The van der Waals surface area contributed by atoms with Gasteiger partial charge in [-0.05, 0) is 25.7 Å². The average molecular weight is 729 g/mol. The Kier molecular flexibility index (Phi) is 39.4. The zero-order valence-electron chi connectivity index (χ0n) is 36.7. The fourth-order valence-corrected chi connectivity index (χ4v) is 8.66. The highest BCUT2D eigenvalue weighted by Gasteiger charge is 2.24. The van der Waals surface area contributed by atoms with Gasteiger partial charge in [0.15, 0.2) is 0 Å². The van der Waals surface area contributed by atoms with Gasteiger partial charge in [-0.25, -0.2) is 0 Å². The van der Waals surface area contributed by atoms with Gasteiger partial charge in [-0.15, -0.1) is 0 Å². The molecule has 0 saturated carbocycles. The van der Waals surface area contributed by atoms with Crippen LogP contribution in [0.3, 0.4) is 0 Å². The van der Waals surface area contributed by atoms with Crippen LogP contribution < -0.4 is 0 Å². The van der Waals surface area contributed by atoms with Gasteiger partial charge in [-0.1, -0.05) is 265 Å². The second kappa shape index (κ2) is 41.5. The van der Waals surface area contributed by atoms with Crippen LogP contribution in [0.15, 0.2) is 12.4 Å². The molecule has 1 aliphatic heterocycles. The van der Waals surface area contributed by atoms with Gasteiger partial charge in [0.1, 0.15) is 6.17 Å². The lowest BCUT2D eigenvalue weighted by atomic mass is 10.0. The summed E-state index contributed by atoms with van der Waals surface area (Å²) in [5.74, 6) is 0. The molecule has 2 heteroatoms. The van der Waals surface area contributed by atoms with Crippen LogP contribution in [0.2, 0.25) is 0 Å². The fourth-order valence-electron chi connectivity index (χ4n) is 8.66. The van der Waals surface area contributed by atoms with E-state index in [0.717, 1.165) is 0 Å². The molecule has 1 atom stereocenters. The van der Waals surface area contributed by atoms with Crippen LogP contribution in [-0.2, 0) is 0 Å². The molecule has 0 saturated heterocycles. The van der Waals surface area contributed by atoms with Crippen molar-refractivity contribution in [1.82, 2.24) is 9.80 Å². The van der Waals surface area contributed by atoms with E-state index in [1.807, 2.05) is 0 Å². The van der Waals surface area contributed by atoms with Crippen LogP contribution in [0.4, 0.5) is 0 Å². The van der Waals surface area contributed by atoms with Gasteiger partial charge in [-0.2, -0.15) is 0 Å². The molecular weight excluding hydrogens is 629 g/mol. The maximum atomic E-state index is 2.74. The Balaban J connectivity index is 2.19. The maximum Gasteiger partial charge on any atom is 0.101 e. The summed E-state index contributed by atoms with van der Waals surface area (Å²) in [7, 11) is 0. The van der Waals surface area contributed by atoms with Crippen molar-refractivity contribution in [1.29, 1.82) is 0 Å². The summed E-state index contributed by atoms with van der Waals surface area (Å²) in [6.07, 6.45) is 66.4. The van der Waals surface area contributed by atoms with Gasteiger partial charge in [0, 0.05) is 25.5 Å². The first-order valence-electron chi connectivity index (χ1n) is 25.0. The third-order valence-electron chi connectivity index (χ3n) is 12.3. The fraction of sp³-hybridized carbons (Fsp3) is 0.960. The zero-order valence-corrected chi connectivity index (χ0v) is 36.7. The summed E-state index contributed by atoms with van der Waals surface area (Å²) in [6.45, 7) is 9.49. The molecule has 2 nitrogen and oxygen atoms in total. The first kappa shape index (κ1) is 49.4. The minimum absolute atomic E-state index is 0.636. The summed E-state index contributed by atoms with van der Waals surface area (Å²) in [6, 6.07) is 0. The number of unbranched alkanes of at least 4 members (excludes halogenated alkanes) is 38. The van der Waals surface area contributed by atoms with Crippen LogP contribution in [0, 0.1) is 0 Å². The third kappa shape index (κ3) is 32.7. The molecule has 0 amide bonds. The van der Waals surface area contributed by atoms with E-state index in [4.69, 9.17) is 0 Å². The highest BCUT2D eigenvalue weighted by atomic mass is 15.4. The molecule has 0 aromatic rings. The van der Waals surface area contributed by atoms with Gasteiger partial charge in [0.05, 0.1) is 0 Å². The molecule has 1 unspecified atom stereocenters. The second-order valence-corrected chi connectivity index (χ2v) is 17.5. The van der Waals surface area contributed by atoms with Gasteiger partial charge < -0.3 is 9.80 Å². The summed E-state index contributed by atoms with van der Waals surface area (Å²) in [5.41, 5.74) is 0. The van der Waals surface area contributed by atoms with E-state index in [0.29, 0.717) is 6.17 Å². The van der Waals surface area contributed by atoms with E-state index >= 15 is 0 Å². The molecule has 310 valence electrons. The summed E-state index contributed by atoms with van der Waals surface area (Å²) < 4.78 is 0. The molecule has 0 N–H and O–H groups in total. The second-order valence-electron chi connectivity index (χ2n) is 17.5. The smallest absolute Gasteiger partial charge is 0.101 e. The molecule has 0 bridgehead atoms. The van der Waals surface area contributed by atoms with Crippen LogP contribution in [0.5, 0.6) is 0 Å². The lowest BCUT2D eigenvalue weighted by Gasteiger charge is -2.33. The molecule has 0 fully saturated rings. The van der Waals surface area contributed by atoms with Crippen LogP contribution >= 0.6 is 0 Å². The Morgan fingerprint density at radius 3 is 0.673 bits per heavy atom.